The summed E-state index contributed by atoms with van der Waals surface area (Å²) in [6, 6.07) is 37.1. The van der Waals surface area contributed by atoms with E-state index < -0.39 is 5.54 Å². The van der Waals surface area contributed by atoms with Crippen molar-refractivity contribution in [3.63, 3.8) is 0 Å². The number of aliphatic imine (C=N–C) groups is 1. The van der Waals surface area contributed by atoms with E-state index in [1.165, 1.54) is 11.1 Å². The van der Waals surface area contributed by atoms with Gasteiger partial charge in [0.1, 0.15) is 5.54 Å². The van der Waals surface area contributed by atoms with Crippen molar-refractivity contribution in [2.75, 3.05) is 6.54 Å². The quantitative estimate of drug-likeness (QED) is 0.360. The van der Waals surface area contributed by atoms with Gasteiger partial charge >= 0.3 is 0 Å². The van der Waals surface area contributed by atoms with Gasteiger partial charge in [-0.15, -0.1) is 0 Å². The summed E-state index contributed by atoms with van der Waals surface area (Å²) in [5.74, 6) is 0.583. The number of nitrogens with zero attached hydrogens (tertiary/aromatic N) is 3. The highest BCUT2D eigenvalue weighted by Gasteiger charge is 2.44. The maximum atomic E-state index is 13.5. The lowest BCUT2D eigenvalue weighted by molar-refractivity contribution is 0.0751. The van der Waals surface area contributed by atoms with Gasteiger partial charge in [-0.05, 0) is 46.4 Å². The van der Waals surface area contributed by atoms with Crippen LogP contribution in [0.4, 0.5) is 0 Å². The van der Waals surface area contributed by atoms with Crippen LogP contribution < -0.4 is 5.73 Å². The van der Waals surface area contributed by atoms with Crippen LogP contribution in [-0.2, 0) is 18.6 Å². The Balaban J connectivity index is 1.31. The van der Waals surface area contributed by atoms with Crippen LogP contribution in [0.3, 0.4) is 0 Å². The zero-order valence-corrected chi connectivity index (χ0v) is 21.6. The molecule has 0 radical (unpaired) electrons. The van der Waals surface area contributed by atoms with Gasteiger partial charge in [0, 0.05) is 18.7 Å². The van der Waals surface area contributed by atoms with E-state index in [0.29, 0.717) is 31.2 Å². The van der Waals surface area contributed by atoms with E-state index in [4.69, 9.17) is 10.7 Å². The summed E-state index contributed by atoms with van der Waals surface area (Å²) in [4.78, 5) is 22.8. The maximum Gasteiger partial charge on any atom is 0.254 e. The second-order valence-electron chi connectivity index (χ2n) is 10.2. The standard InChI is InChI=1S/C33H32N4O/c1-2-30(24-14-11-15-25(20-24)31(38)36-21-26-12-9-10-13-27(26)22-36)37-23-33(35-32(37)34,28-16-5-3-6-17-28)29-18-7-4-8-19-29/h3-20,30H,2,21-23H2,1H3,(H2,34,35). The van der Waals surface area contributed by atoms with E-state index >= 15 is 0 Å². The number of fused-ring (bicyclic) bond motifs is 1. The van der Waals surface area contributed by atoms with Gasteiger partial charge in [-0.1, -0.05) is 104 Å². The molecule has 1 unspecified atom stereocenters. The first-order valence-corrected chi connectivity index (χ1v) is 13.3. The van der Waals surface area contributed by atoms with Crippen LogP contribution in [0.5, 0.6) is 0 Å². The van der Waals surface area contributed by atoms with Crippen molar-refractivity contribution < 1.29 is 4.79 Å². The topological polar surface area (TPSA) is 61.9 Å². The van der Waals surface area contributed by atoms with Gasteiger partial charge in [0.25, 0.3) is 5.91 Å². The second-order valence-corrected chi connectivity index (χ2v) is 10.2. The predicted molar refractivity (Wildman–Crippen MR) is 151 cm³/mol. The van der Waals surface area contributed by atoms with Gasteiger partial charge < -0.3 is 15.5 Å². The number of hydrogen-bond donors (Lipinski definition) is 1. The van der Waals surface area contributed by atoms with Crippen molar-refractivity contribution in [3.05, 3.63) is 143 Å². The molecule has 2 aliphatic heterocycles. The first-order valence-electron chi connectivity index (χ1n) is 13.3. The highest BCUT2D eigenvalue weighted by molar-refractivity contribution is 5.94. The number of nitrogens with two attached hydrogens (primary N) is 1. The Labute approximate surface area is 224 Å². The van der Waals surface area contributed by atoms with Gasteiger partial charge in [0.15, 0.2) is 5.96 Å². The SMILES string of the molecule is CCC(c1cccc(C(=O)N2Cc3ccccc3C2)c1)N1CC(c2ccccc2)(c2ccccc2)N=C1N. The zero-order chi connectivity index (χ0) is 26.1. The minimum Gasteiger partial charge on any atom is -0.370 e. The molecular formula is C33H32N4O. The van der Waals surface area contributed by atoms with Crippen molar-refractivity contribution in [1.82, 2.24) is 9.80 Å². The summed E-state index contributed by atoms with van der Waals surface area (Å²) < 4.78 is 0. The van der Waals surface area contributed by atoms with E-state index in [9.17, 15) is 4.79 Å². The molecule has 0 fully saturated rings. The first-order chi connectivity index (χ1) is 18.6. The van der Waals surface area contributed by atoms with E-state index in [2.05, 4.69) is 78.6 Å². The normalized spacial score (nSPS) is 16.7. The summed E-state index contributed by atoms with van der Waals surface area (Å²) >= 11 is 0. The van der Waals surface area contributed by atoms with Gasteiger partial charge in [0.05, 0.1) is 12.6 Å². The van der Waals surface area contributed by atoms with Crippen LogP contribution in [0.25, 0.3) is 0 Å². The molecule has 5 heteroatoms. The number of amides is 1. The van der Waals surface area contributed by atoms with Crippen LogP contribution in [0.2, 0.25) is 0 Å². The summed E-state index contributed by atoms with van der Waals surface area (Å²) in [7, 11) is 0. The third-order valence-electron chi connectivity index (χ3n) is 7.91. The Morgan fingerprint density at radius 2 is 1.42 bits per heavy atom. The van der Waals surface area contributed by atoms with Crippen molar-refractivity contribution >= 4 is 11.9 Å². The zero-order valence-electron chi connectivity index (χ0n) is 21.6. The van der Waals surface area contributed by atoms with Crippen LogP contribution in [0, 0.1) is 0 Å². The first kappa shape index (κ1) is 24.0. The van der Waals surface area contributed by atoms with Crippen LogP contribution >= 0.6 is 0 Å². The Hall–Kier alpha value is -4.38. The molecule has 0 aromatic heterocycles. The number of hydrogen-bond acceptors (Lipinski definition) is 4. The Morgan fingerprint density at radius 3 is 2.00 bits per heavy atom. The third kappa shape index (κ3) is 4.14. The lowest BCUT2D eigenvalue weighted by Crippen LogP contribution is -2.40. The van der Waals surface area contributed by atoms with Crippen LogP contribution in [0.1, 0.15) is 57.6 Å². The predicted octanol–water partition coefficient (Wildman–Crippen LogP) is 5.87. The van der Waals surface area contributed by atoms with E-state index in [1.807, 2.05) is 47.4 Å². The molecule has 6 rings (SSSR count). The highest BCUT2D eigenvalue weighted by atomic mass is 16.2. The van der Waals surface area contributed by atoms with Gasteiger partial charge in [-0.25, -0.2) is 4.99 Å². The molecular weight excluding hydrogens is 468 g/mol. The fourth-order valence-corrected chi connectivity index (χ4v) is 5.97. The summed E-state index contributed by atoms with van der Waals surface area (Å²) in [5, 5.41) is 0. The minimum absolute atomic E-state index is 0.00317. The van der Waals surface area contributed by atoms with Gasteiger partial charge in [0.2, 0.25) is 0 Å². The molecule has 4 aromatic rings. The molecule has 1 amide bonds. The van der Waals surface area contributed by atoms with Crippen LogP contribution in [-0.4, -0.2) is 28.2 Å². The number of carbonyl (C=O) groups excluding carboxylic acids is 1. The smallest absolute Gasteiger partial charge is 0.254 e. The largest absolute Gasteiger partial charge is 0.370 e. The van der Waals surface area contributed by atoms with Crippen molar-refractivity contribution in [2.24, 2.45) is 10.7 Å². The lowest BCUT2D eigenvalue weighted by atomic mass is 9.83. The Bertz CT molecular complexity index is 1420. The molecule has 2 N–H and O–H groups in total. The molecule has 1 atom stereocenters. The highest BCUT2D eigenvalue weighted by Crippen LogP contribution is 2.41. The number of guanidine groups is 1. The summed E-state index contributed by atoms with van der Waals surface area (Å²) in [5.41, 5.74) is 12.6. The van der Waals surface area contributed by atoms with E-state index in [1.54, 1.807) is 0 Å². The molecule has 0 bridgehead atoms. The molecule has 0 aliphatic carbocycles. The molecule has 4 aromatic carbocycles. The molecule has 190 valence electrons. The molecule has 38 heavy (non-hydrogen) atoms. The molecule has 2 aliphatic rings. The summed E-state index contributed by atoms with van der Waals surface area (Å²) in [6.45, 7) is 4.09. The van der Waals surface area contributed by atoms with Crippen molar-refractivity contribution in [3.8, 4) is 0 Å². The molecule has 5 nitrogen and oxygen atoms in total. The fourth-order valence-electron chi connectivity index (χ4n) is 5.97. The molecule has 2 heterocycles. The van der Waals surface area contributed by atoms with Crippen molar-refractivity contribution in [1.29, 1.82) is 0 Å². The molecule has 0 saturated carbocycles. The van der Waals surface area contributed by atoms with Crippen molar-refractivity contribution in [2.45, 2.75) is 38.0 Å². The average molecular weight is 501 g/mol. The monoisotopic (exact) mass is 500 g/mol. The number of benzene rings is 4. The van der Waals surface area contributed by atoms with Gasteiger partial charge in [-0.3, -0.25) is 4.79 Å². The Kier molecular flexibility index (Phi) is 6.20. The third-order valence-corrected chi connectivity index (χ3v) is 7.91. The maximum absolute atomic E-state index is 13.5. The van der Waals surface area contributed by atoms with Crippen LogP contribution in [0.15, 0.2) is 114 Å². The average Bonchev–Trinajstić information content (AvgIpc) is 3.56. The second kappa shape index (κ2) is 9.82. The summed E-state index contributed by atoms with van der Waals surface area (Å²) in [6.07, 6.45) is 0.836. The van der Waals surface area contributed by atoms with E-state index in [-0.39, 0.29) is 11.9 Å². The van der Waals surface area contributed by atoms with Gasteiger partial charge in [-0.2, -0.15) is 0 Å². The van der Waals surface area contributed by atoms with E-state index in [0.717, 1.165) is 23.1 Å². The molecule has 0 spiro atoms. The lowest BCUT2D eigenvalue weighted by Gasteiger charge is -2.33. The number of rotatable bonds is 6. The Morgan fingerprint density at radius 1 is 0.842 bits per heavy atom. The number of carbonyl (C=O) groups is 1. The minimum atomic E-state index is -0.589. The fraction of sp³-hybridized carbons (Fsp3) is 0.212. The molecule has 0 saturated heterocycles.